The maximum Gasteiger partial charge on any atom is 0.396 e. The molecule has 45 heavy (non-hydrogen) atoms. The molecule has 15 heteroatoms. The number of aliphatic hydroxyl groups is 1. The average molecular weight is 649 g/mol. The maximum absolute atomic E-state index is 13.6. The zero-order valence-electron chi connectivity index (χ0n) is 25.0. The number of thiol groups is 1. The van der Waals surface area contributed by atoms with Crippen LogP contribution in [0.5, 0.6) is 5.88 Å². The van der Waals surface area contributed by atoms with Crippen LogP contribution in [0.3, 0.4) is 0 Å². The normalized spacial score (nSPS) is 23.2. The Morgan fingerprint density at radius 2 is 1.98 bits per heavy atom. The molecule has 1 amide bonds. The van der Waals surface area contributed by atoms with Gasteiger partial charge in [-0.2, -0.15) is 22.9 Å². The summed E-state index contributed by atoms with van der Waals surface area (Å²) in [6.07, 6.45) is -1.97. The number of carbonyl (C=O) groups excluding carboxylic acids is 1. The standard InChI is InChI=1S/C30H36F3N7O4S/c1-28(2)17-19-5-4-14-34-22-6-3-7-25(35-22)45(43)38-27(42)20-8-9-23(36-26(20)39(28)18-19)40-15-10-24(37-40)44-16-11-21(41)29(12-13-29)30(31,32)33/h3,6-10,15,19,21,41H,4-5,11-14,16-18H2,1-2H3,(H,34,35)(H,38,42,43)/p+1/t19-,21+,45?/m0/s1. The minimum atomic E-state index is -4.45. The topological polar surface area (TPSA) is 135 Å². The number of rotatable bonds is 6. The van der Waals surface area contributed by atoms with E-state index in [1.54, 1.807) is 42.6 Å². The van der Waals surface area contributed by atoms with Gasteiger partial charge >= 0.3 is 6.18 Å². The number of hydrogen-bond acceptors (Lipinski definition) is 9. The smallest absolute Gasteiger partial charge is 0.396 e. The van der Waals surface area contributed by atoms with Crippen molar-refractivity contribution in [3.63, 3.8) is 0 Å². The fourth-order valence-electron chi connectivity index (χ4n) is 6.36. The van der Waals surface area contributed by atoms with E-state index in [4.69, 9.17) is 9.72 Å². The molecule has 3 N–H and O–H groups in total. The lowest BCUT2D eigenvalue weighted by molar-refractivity contribution is -0.215. The number of amides is 1. The molecule has 3 atom stereocenters. The van der Waals surface area contributed by atoms with Crippen molar-refractivity contribution in [2.24, 2.45) is 11.3 Å². The minimum absolute atomic E-state index is 0.0827. The summed E-state index contributed by atoms with van der Waals surface area (Å²) in [5, 5.41) is 18.1. The molecule has 3 aromatic rings. The summed E-state index contributed by atoms with van der Waals surface area (Å²) in [6, 6.07) is 9.95. The number of alkyl halides is 3. The lowest BCUT2D eigenvalue weighted by Gasteiger charge is -2.33. The van der Waals surface area contributed by atoms with E-state index < -0.39 is 34.6 Å². The van der Waals surface area contributed by atoms with E-state index in [-0.39, 0.29) is 47.9 Å². The zero-order valence-corrected chi connectivity index (χ0v) is 25.9. The van der Waals surface area contributed by atoms with Gasteiger partial charge in [0.2, 0.25) is 16.9 Å². The zero-order chi connectivity index (χ0) is 32.0. The molecule has 5 heterocycles. The second-order valence-corrected chi connectivity index (χ2v) is 13.9. The van der Waals surface area contributed by atoms with Gasteiger partial charge in [-0.25, -0.2) is 9.67 Å². The van der Waals surface area contributed by atoms with Gasteiger partial charge in [0, 0.05) is 43.4 Å². The van der Waals surface area contributed by atoms with Crippen molar-refractivity contribution in [2.45, 2.75) is 75.2 Å². The SMILES string of the molecule is CC1(C)C[C@@H]2CCCNc3cccc(n3)[SH+](=O)NC(=O)c3ccc(-n4ccc(OCC[C@@H](O)C5(C(F)(F)F)CC5)n4)nc3N1C2. The van der Waals surface area contributed by atoms with E-state index in [9.17, 15) is 27.3 Å². The van der Waals surface area contributed by atoms with Crippen molar-refractivity contribution in [3.8, 4) is 11.7 Å². The van der Waals surface area contributed by atoms with E-state index in [2.05, 4.69) is 38.9 Å². The van der Waals surface area contributed by atoms with Gasteiger partial charge in [-0.15, -0.1) is 5.10 Å². The quantitative estimate of drug-likeness (QED) is 0.264. The molecule has 4 bridgehead atoms. The number of halogens is 3. The lowest BCUT2D eigenvalue weighted by Crippen LogP contribution is -2.40. The fourth-order valence-corrected chi connectivity index (χ4v) is 7.20. The number of pyridine rings is 2. The Bertz CT molecular complexity index is 1590. The van der Waals surface area contributed by atoms with E-state index in [1.165, 1.54) is 4.68 Å². The van der Waals surface area contributed by atoms with Crippen LogP contribution in [0.15, 0.2) is 47.6 Å². The van der Waals surface area contributed by atoms with Crippen molar-refractivity contribution in [2.75, 3.05) is 29.9 Å². The Balaban J connectivity index is 1.24. The van der Waals surface area contributed by atoms with Gasteiger partial charge in [0.05, 0.1) is 23.7 Å². The highest BCUT2D eigenvalue weighted by Gasteiger charge is 2.66. The third-order valence-electron chi connectivity index (χ3n) is 8.99. The molecular formula is C30H37F3N7O4S+. The van der Waals surface area contributed by atoms with Crippen molar-refractivity contribution in [3.05, 3.63) is 48.2 Å². The number of fused-ring (bicyclic) bond motifs is 6. The summed E-state index contributed by atoms with van der Waals surface area (Å²) in [7, 11) is -2.34. The Hall–Kier alpha value is -3.72. The molecule has 1 aliphatic carbocycles. The Kier molecular flexibility index (Phi) is 8.27. The summed E-state index contributed by atoms with van der Waals surface area (Å²) < 4.78 is 62.7. The van der Waals surface area contributed by atoms with Gasteiger partial charge in [-0.3, -0.25) is 4.79 Å². The van der Waals surface area contributed by atoms with Crippen LogP contribution in [0.2, 0.25) is 0 Å². The molecule has 0 radical (unpaired) electrons. The molecule has 0 spiro atoms. The predicted octanol–water partition coefficient (Wildman–Crippen LogP) is 4.35. The number of hydrogen-bond donors (Lipinski definition) is 3. The van der Waals surface area contributed by atoms with Crippen LogP contribution in [0, 0.1) is 11.3 Å². The summed E-state index contributed by atoms with van der Waals surface area (Å²) in [5.74, 6) is 1.40. The number of ether oxygens (including phenoxy) is 1. The van der Waals surface area contributed by atoms with Crippen molar-refractivity contribution in [1.29, 1.82) is 0 Å². The molecule has 3 aromatic heterocycles. The van der Waals surface area contributed by atoms with Crippen LogP contribution in [0.25, 0.3) is 5.82 Å². The molecule has 1 saturated carbocycles. The van der Waals surface area contributed by atoms with E-state index in [1.807, 2.05) is 0 Å². The monoisotopic (exact) mass is 648 g/mol. The summed E-state index contributed by atoms with van der Waals surface area (Å²) in [6.45, 7) is 5.47. The minimum Gasteiger partial charge on any atom is -0.476 e. The second-order valence-electron chi connectivity index (χ2n) is 12.6. The van der Waals surface area contributed by atoms with Crippen LogP contribution in [-0.2, 0) is 15.2 Å². The van der Waals surface area contributed by atoms with E-state index in [0.717, 1.165) is 19.3 Å². The summed E-state index contributed by atoms with van der Waals surface area (Å²) >= 11 is 0. The van der Waals surface area contributed by atoms with Gasteiger partial charge in [-0.05, 0) is 70.1 Å². The highest BCUT2D eigenvalue weighted by Crippen LogP contribution is 2.60. The number of anilines is 2. The first-order valence-electron chi connectivity index (χ1n) is 15.1. The maximum atomic E-state index is 13.6. The molecule has 1 unspecified atom stereocenters. The number of nitrogens with zero attached hydrogens (tertiary/aromatic N) is 5. The van der Waals surface area contributed by atoms with Gasteiger partial charge < -0.3 is 20.1 Å². The predicted molar refractivity (Wildman–Crippen MR) is 162 cm³/mol. The van der Waals surface area contributed by atoms with Gasteiger partial charge in [0.15, 0.2) is 5.82 Å². The number of aliphatic hydroxyl groups excluding tert-OH is 1. The molecule has 1 saturated heterocycles. The summed E-state index contributed by atoms with van der Waals surface area (Å²) in [5.41, 5.74) is -2.09. The van der Waals surface area contributed by atoms with Crippen LogP contribution in [0.4, 0.5) is 24.8 Å². The van der Waals surface area contributed by atoms with Crippen LogP contribution < -0.4 is 19.7 Å². The first-order chi connectivity index (χ1) is 21.4. The molecule has 242 valence electrons. The first-order valence-corrected chi connectivity index (χ1v) is 16.3. The number of aromatic nitrogens is 4. The number of nitrogens with one attached hydrogen (secondary N) is 2. The second kappa shape index (κ2) is 11.9. The molecule has 2 aliphatic heterocycles. The Morgan fingerprint density at radius 3 is 2.73 bits per heavy atom. The van der Waals surface area contributed by atoms with E-state index >= 15 is 0 Å². The Labute approximate surface area is 261 Å². The van der Waals surface area contributed by atoms with Gasteiger partial charge in [-0.1, -0.05) is 10.3 Å². The van der Waals surface area contributed by atoms with Crippen LogP contribution in [-0.4, -0.2) is 68.3 Å². The fraction of sp³-hybridized carbons (Fsp3) is 0.533. The van der Waals surface area contributed by atoms with E-state index in [0.29, 0.717) is 36.5 Å². The molecular weight excluding hydrogens is 611 g/mol. The van der Waals surface area contributed by atoms with Gasteiger partial charge in [0.1, 0.15) is 11.6 Å². The molecule has 2 fully saturated rings. The molecule has 3 aliphatic rings. The van der Waals surface area contributed by atoms with Crippen molar-refractivity contribution in [1.82, 2.24) is 24.5 Å². The highest BCUT2D eigenvalue weighted by atomic mass is 32.2. The first kappa shape index (κ1) is 31.3. The summed E-state index contributed by atoms with van der Waals surface area (Å²) in [4.78, 5) is 24.9. The third-order valence-corrected chi connectivity index (χ3v) is 10.1. The molecule has 0 aromatic carbocycles. The van der Waals surface area contributed by atoms with Crippen LogP contribution in [0.1, 0.15) is 62.7 Å². The van der Waals surface area contributed by atoms with Gasteiger partial charge in [0.25, 0.3) is 10.9 Å². The molecule has 6 rings (SSSR count). The largest absolute Gasteiger partial charge is 0.476 e. The van der Waals surface area contributed by atoms with Crippen LogP contribution >= 0.6 is 0 Å². The highest BCUT2D eigenvalue weighted by molar-refractivity contribution is 7.83. The Morgan fingerprint density at radius 1 is 1.18 bits per heavy atom. The third kappa shape index (κ3) is 6.37. The van der Waals surface area contributed by atoms with Crippen molar-refractivity contribution >= 4 is 28.5 Å². The molecule has 11 nitrogen and oxygen atoms in total. The lowest BCUT2D eigenvalue weighted by atomic mass is 9.93. The number of carbonyl (C=O) groups is 1. The van der Waals surface area contributed by atoms with Crippen molar-refractivity contribution < 1.29 is 32.0 Å². The average Bonchev–Trinajstić information content (AvgIpc) is 3.60.